The summed E-state index contributed by atoms with van der Waals surface area (Å²) in [5.74, 6) is -0.345. The summed E-state index contributed by atoms with van der Waals surface area (Å²) in [6.45, 7) is 5.65. The third-order valence-electron chi connectivity index (χ3n) is 5.88. The fourth-order valence-corrected chi connectivity index (χ4v) is 4.51. The predicted octanol–water partition coefficient (Wildman–Crippen LogP) is 2.33. The number of rotatable bonds is 5. The van der Waals surface area contributed by atoms with Gasteiger partial charge in [-0.2, -0.15) is 0 Å². The van der Waals surface area contributed by atoms with Crippen LogP contribution in [-0.4, -0.2) is 84.7 Å². The van der Waals surface area contributed by atoms with Crippen molar-refractivity contribution in [2.24, 2.45) is 5.92 Å². The van der Waals surface area contributed by atoms with E-state index in [1.165, 1.54) is 18.2 Å². The normalized spacial score (nSPS) is 25.0. The maximum Gasteiger partial charge on any atom is 0.255 e. The van der Waals surface area contributed by atoms with Crippen LogP contribution in [0.15, 0.2) is 18.2 Å². The number of carbonyl (C=O) groups excluding carboxylic acids is 1. The summed E-state index contributed by atoms with van der Waals surface area (Å²) in [7, 11) is 2.14. The number of benzene rings is 1. The molecule has 2 heterocycles. The van der Waals surface area contributed by atoms with E-state index >= 15 is 0 Å². The number of amides is 1. The molecule has 0 aromatic heterocycles. The number of hydrogen-bond acceptors (Lipinski definition) is 4. The summed E-state index contributed by atoms with van der Waals surface area (Å²) in [6.07, 6.45) is 2.52. The van der Waals surface area contributed by atoms with Crippen molar-refractivity contribution < 1.29 is 14.3 Å². The fraction of sp³-hybridized carbons (Fsp3) is 0.650. The standard InChI is InChI=1S/C20H29ClFN3O2/c1-23-8-10-24(11-9-23)19-6-7-25(14-15(19)3-2-12-26)20(27)17-13-16(22)4-5-18(17)21/h4-5,13,15,19,26H,2-3,6-12,14H2,1H3/t15-,19+/m1/s1. The Morgan fingerprint density at radius 2 is 2.00 bits per heavy atom. The number of aliphatic hydroxyl groups excluding tert-OH is 1. The van der Waals surface area contributed by atoms with Crippen LogP contribution in [0.25, 0.3) is 0 Å². The van der Waals surface area contributed by atoms with Crippen LogP contribution < -0.4 is 0 Å². The molecule has 1 aromatic carbocycles. The molecule has 1 amide bonds. The maximum atomic E-state index is 13.6. The summed E-state index contributed by atoms with van der Waals surface area (Å²) in [5, 5.41) is 9.57. The lowest BCUT2D eigenvalue weighted by Crippen LogP contribution is -2.57. The smallest absolute Gasteiger partial charge is 0.255 e. The first-order chi connectivity index (χ1) is 13.0. The quantitative estimate of drug-likeness (QED) is 0.828. The molecule has 1 N–H and O–H groups in total. The van der Waals surface area contributed by atoms with E-state index in [4.69, 9.17) is 11.6 Å². The Morgan fingerprint density at radius 3 is 2.70 bits per heavy atom. The van der Waals surface area contributed by atoms with Crippen LogP contribution in [0.5, 0.6) is 0 Å². The van der Waals surface area contributed by atoms with Crippen molar-refractivity contribution in [2.45, 2.75) is 25.3 Å². The second-order valence-corrected chi connectivity index (χ2v) is 8.10. The summed E-state index contributed by atoms with van der Waals surface area (Å²) in [4.78, 5) is 19.6. The highest BCUT2D eigenvalue weighted by Crippen LogP contribution is 2.29. The lowest BCUT2D eigenvalue weighted by Gasteiger charge is -2.46. The van der Waals surface area contributed by atoms with Crippen LogP contribution >= 0.6 is 11.6 Å². The molecule has 2 saturated heterocycles. The van der Waals surface area contributed by atoms with Crippen molar-refractivity contribution in [3.63, 3.8) is 0 Å². The van der Waals surface area contributed by atoms with E-state index in [9.17, 15) is 14.3 Å². The van der Waals surface area contributed by atoms with Crippen LogP contribution in [-0.2, 0) is 0 Å². The summed E-state index contributed by atoms with van der Waals surface area (Å²) >= 11 is 6.13. The molecule has 2 fully saturated rings. The molecule has 2 atom stereocenters. The molecule has 0 radical (unpaired) electrons. The molecule has 0 unspecified atom stereocenters. The highest BCUT2D eigenvalue weighted by molar-refractivity contribution is 6.33. The Bertz CT molecular complexity index is 652. The zero-order chi connectivity index (χ0) is 19.4. The van der Waals surface area contributed by atoms with Gasteiger partial charge in [-0.1, -0.05) is 11.6 Å². The van der Waals surface area contributed by atoms with Gasteiger partial charge in [0.05, 0.1) is 10.6 Å². The van der Waals surface area contributed by atoms with Gasteiger partial charge in [0.1, 0.15) is 5.82 Å². The van der Waals surface area contributed by atoms with Gasteiger partial charge in [0, 0.05) is 51.9 Å². The molecule has 27 heavy (non-hydrogen) atoms. The number of nitrogens with zero attached hydrogens (tertiary/aromatic N) is 3. The first-order valence-corrected chi connectivity index (χ1v) is 10.1. The number of likely N-dealkylation sites (tertiary alicyclic amines) is 1. The molecule has 0 spiro atoms. The molecule has 0 saturated carbocycles. The molecular formula is C20H29ClFN3O2. The average Bonchev–Trinajstić information content (AvgIpc) is 2.68. The fourth-order valence-electron chi connectivity index (χ4n) is 4.31. The molecule has 2 aliphatic heterocycles. The van der Waals surface area contributed by atoms with Crippen LogP contribution in [0.2, 0.25) is 5.02 Å². The van der Waals surface area contributed by atoms with E-state index in [0.717, 1.165) is 45.4 Å². The zero-order valence-electron chi connectivity index (χ0n) is 15.9. The molecule has 7 heteroatoms. The minimum atomic E-state index is -0.452. The van der Waals surface area contributed by atoms with Gasteiger partial charge < -0.3 is 14.9 Å². The molecular weight excluding hydrogens is 369 g/mol. The zero-order valence-corrected chi connectivity index (χ0v) is 16.7. The Hall–Kier alpha value is -1.21. The number of hydrogen-bond donors (Lipinski definition) is 1. The van der Waals surface area contributed by atoms with E-state index in [0.29, 0.717) is 25.0 Å². The van der Waals surface area contributed by atoms with Crippen LogP contribution in [0.3, 0.4) is 0 Å². The van der Waals surface area contributed by atoms with Crippen molar-refractivity contribution in [3.05, 3.63) is 34.6 Å². The monoisotopic (exact) mass is 397 g/mol. The number of likely N-dealkylation sites (N-methyl/N-ethyl adjacent to an activating group) is 1. The third kappa shape index (κ3) is 4.99. The van der Waals surface area contributed by atoms with Crippen LogP contribution in [0.4, 0.5) is 4.39 Å². The molecule has 0 bridgehead atoms. The average molecular weight is 398 g/mol. The maximum absolute atomic E-state index is 13.6. The third-order valence-corrected chi connectivity index (χ3v) is 6.21. The summed E-state index contributed by atoms with van der Waals surface area (Å²) in [6, 6.07) is 4.35. The summed E-state index contributed by atoms with van der Waals surface area (Å²) in [5.41, 5.74) is 0.232. The van der Waals surface area contributed by atoms with Gasteiger partial charge in [-0.3, -0.25) is 9.69 Å². The van der Waals surface area contributed by atoms with E-state index in [-0.39, 0.29) is 23.1 Å². The first kappa shape index (κ1) is 20.5. The number of aliphatic hydroxyl groups is 1. The van der Waals surface area contributed by atoms with Crippen molar-refractivity contribution in [1.82, 2.24) is 14.7 Å². The Kier molecular flexibility index (Phi) is 7.09. The largest absolute Gasteiger partial charge is 0.396 e. The molecule has 5 nitrogen and oxygen atoms in total. The topological polar surface area (TPSA) is 47.0 Å². The molecule has 2 aliphatic rings. The SMILES string of the molecule is CN1CCN([C@H]2CCN(C(=O)c3cc(F)ccc3Cl)C[C@H]2CCCO)CC1. The van der Waals surface area contributed by atoms with E-state index < -0.39 is 5.82 Å². The van der Waals surface area contributed by atoms with E-state index in [2.05, 4.69) is 16.8 Å². The lowest BCUT2D eigenvalue weighted by molar-refractivity contribution is 0.0218. The first-order valence-electron chi connectivity index (χ1n) is 9.77. The van der Waals surface area contributed by atoms with Crippen molar-refractivity contribution >= 4 is 17.5 Å². The Morgan fingerprint density at radius 1 is 1.26 bits per heavy atom. The minimum Gasteiger partial charge on any atom is -0.396 e. The van der Waals surface area contributed by atoms with E-state index in [1.807, 2.05) is 0 Å². The number of piperidine rings is 1. The Labute approximate surface area is 165 Å². The number of carbonyl (C=O) groups is 1. The van der Waals surface area contributed by atoms with Gasteiger partial charge in [0.25, 0.3) is 5.91 Å². The van der Waals surface area contributed by atoms with E-state index in [1.54, 1.807) is 4.90 Å². The number of halogens is 2. The second-order valence-electron chi connectivity index (χ2n) is 7.70. The van der Waals surface area contributed by atoms with Crippen LogP contribution in [0, 0.1) is 11.7 Å². The van der Waals surface area contributed by atoms with Gasteiger partial charge in [-0.15, -0.1) is 0 Å². The van der Waals surface area contributed by atoms with Gasteiger partial charge in [-0.25, -0.2) is 4.39 Å². The lowest BCUT2D eigenvalue weighted by atomic mass is 9.86. The van der Waals surface area contributed by atoms with Gasteiger partial charge in [0.2, 0.25) is 0 Å². The van der Waals surface area contributed by atoms with Gasteiger partial charge >= 0.3 is 0 Å². The predicted molar refractivity (Wildman–Crippen MR) is 105 cm³/mol. The molecule has 3 rings (SSSR count). The highest BCUT2D eigenvalue weighted by atomic mass is 35.5. The minimum absolute atomic E-state index is 0.162. The Balaban J connectivity index is 1.71. The van der Waals surface area contributed by atoms with Crippen molar-refractivity contribution in [3.8, 4) is 0 Å². The van der Waals surface area contributed by atoms with Crippen molar-refractivity contribution in [1.29, 1.82) is 0 Å². The molecule has 0 aliphatic carbocycles. The van der Waals surface area contributed by atoms with Crippen LogP contribution in [0.1, 0.15) is 29.6 Å². The molecule has 150 valence electrons. The highest BCUT2D eigenvalue weighted by Gasteiger charge is 2.36. The van der Waals surface area contributed by atoms with Crippen molar-refractivity contribution in [2.75, 3.05) is 52.9 Å². The van der Waals surface area contributed by atoms with Gasteiger partial charge in [-0.05, 0) is 50.4 Å². The second kappa shape index (κ2) is 9.32. The molecule has 1 aromatic rings. The van der Waals surface area contributed by atoms with Gasteiger partial charge in [0.15, 0.2) is 0 Å². The summed E-state index contributed by atoms with van der Waals surface area (Å²) < 4.78 is 13.6. The number of piperazine rings is 1.